The lowest BCUT2D eigenvalue weighted by molar-refractivity contribution is 0.400. The first kappa shape index (κ1) is 24.9. The summed E-state index contributed by atoms with van der Waals surface area (Å²) in [5, 5.41) is 9.40. The summed E-state index contributed by atoms with van der Waals surface area (Å²) in [7, 11) is -1.65. The molecule has 0 spiro atoms. The third-order valence-corrected chi connectivity index (χ3v) is 7.27. The van der Waals surface area contributed by atoms with E-state index in [1.807, 2.05) is 19.9 Å². The zero-order chi connectivity index (χ0) is 23.7. The second kappa shape index (κ2) is 9.44. The quantitative estimate of drug-likeness (QED) is 0.591. The van der Waals surface area contributed by atoms with Crippen LogP contribution >= 0.6 is 0 Å². The van der Waals surface area contributed by atoms with Crippen LogP contribution in [0.5, 0.6) is 5.75 Å². The lowest BCUT2D eigenvalue weighted by Gasteiger charge is -2.24. The third-order valence-electron chi connectivity index (χ3n) is 4.93. The predicted molar refractivity (Wildman–Crippen MR) is 117 cm³/mol. The molecule has 1 atom stereocenters. The Bertz CT molecular complexity index is 1190. The molecule has 2 rings (SSSR count). The Labute approximate surface area is 184 Å². The maximum Gasteiger partial charge on any atom is 0.241 e. The van der Waals surface area contributed by atoms with Gasteiger partial charge in [0.1, 0.15) is 27.4 Å². The highest BCUT2D eigenvalue weighted by atomic mass is 32.2. The Morgan fingerprint density at radius 2 is 1.84 bits per heavy atom. The molecule has 0 saturated carbocycles. The van der Waals surface area contributed by atoms with E-state index < -0.39 is 36.7 Å². The second-order valence-corrected chi connectivity index (χ2v) is 10.2. The van der Waals surface area contributed by atoms with Crippen LogP contribution in [-0.2, 0) is 21.1 Å². The lowest BCUT2D eigenvalue weighted by Crippen LogP contribution is -2.21. The number of hydrogen-bond donors (Lipinski definition) is 2. The highest BCUT2D eigenvalue weighted by Crippen LogP contribution is 2.45. The Morgan fingerprint density at radius 3 is 2.26 bits per heavy atom. The molecule has 2 aromatic carbocycles. The molecule has 0 bridgehead atoms. The van der Waals surface area contributed by atoms with Gasteiger partial charge in [-0.3, -0.25) is 0 Å². The number of halogens is 1. The number of sulfonamides is 1. The molecular formula is C21H25FN2O5S2. The van der Waals surface area contributed by atoms with Crippen LogP contribution in [0.3, 0.4) is 0 Å². The van der Waals surface area contributed by atoms with Crippen LogP contribution in [0.1, 0.15) is 56.2 Å². The zero-order valence-electron chi connectivity index (χ0n) is 18.1. The molecule has 0 radical (unpaired) electrons. The maximum atomic E-state index is 15.3. The van der Waals surface area contributed by atoms with Crippen molar-refractivity contribution in [2.24, 2.45) is 0 Å². The molecule has 0 saturated heterocycles. The molecule has 7 nitrogen and oxygen atoms in total. The summed E-state index contributed by atoms with van der Waals surface area (Å²) in [5.74, 6) is -1.30. The summed E-state index contributed by atoms with van der Waals surface area (Å²) >= 11 is -2.72. The van der Waals surface area contributed by atoms with Crippen molar-refractivity contribution in [1.29, 1.82) is 5.26 Å². The maximum absolute atomic E-state index is 15.3. The van der Waals surface area contributed by atoms with Gasteiger partial charge in [0.2, 0.25) is 10.0 Å². The van der Waals surface area contributed by atoms with E-state index >= 15 is 4.39 Å². The van der Waals surface area contributed by atoms with Gasteiger partial charge in [0.05, 0.1) is 12.7 Å². The molecule has 0 aliphatic rings. The van der Waals surface area contributed by atoms with E-state index in [-0.39, 0.29) is 34.3 Å². The zero-order valence-corrected chi connectivity index (χ0v) is 19.7. The first-order chi connectivity index (χ1) is 14.4. The Hall–Kier alpha value is -2.32. The first-order valence-corrected chi connectivity index (χ1v) is 12.0. The Morgan fingerprint density at radius 1 is 1.23 bits per heavy atom. The molecule has 168 valence electrons. The highest BCUT2D eigenvalue weighted by Gasteiger charge is 2.30. The predicted octanol–water partition coefficient (Wildman–Crippen LogP) is 4.11. The number of nitrogens with one attached hydrogen (secondary N) is 1. The van der Waals surface area contributed by atoms with Crippen molar-refractivity contribution in [1.82, 2.24) is 4.72 Å². The minimum absolute atomic E-state index is 0.101. The number of benzene rings is 2. The van der Waals surface area contributed by atoms with Crippen LogP contribution in [0.4, 0.5) is 4.39 Å². The van der Waals surface area contributed by atoms with Crippen molar-refractivity contribution in [3.63, 3.8) is 0 Å². The normalized spacial score (nSPS) is 12.8. The molecule has 0 aromatic heterocycles. The van der Waals surface area contributed by atoms with E-state index in [2.05, 4.69) is 4.72 Å². The van der Waals surface area contributed by atoms with Crippen LogP contribution in [0.25, 0.3) is 11.1 Å². The fourth-order valence-electron chi connectivity index (χ4n) is 3.51. The van der Waals surface area contributed by atoms with E-state index in [1.165, 1.54) is 32.4 Å². The number of rotatable bonds is 7. The van der Waals surface area contributed by atoms with E-state index in [4.69, 9.17) is 4.74 Å². The SMILES string of the molecule is CNS(=O)(=O)c1ccc(-c2c(C(C)C)cc(C#N)c(F)c2C(C)C)c(OC)c1S(=O)O. The van der Waals surface area contributed by atoms with Crippen molar-refractivity contribution in [3.8, 4) is 22.9 Å². The highest BCUT2D eigenvalue weighted by molar-refractivity contribution is 7.90. The average Bonchev–Trinajstić information content (AvgIpc) is 2.71. The van der Waals surface area contributed by atoms with Crippen LogP contribution in [0, 0.1) is 17.1 Å². The van der Waals surface area contributed by atoms with Gasteiger partial charge in [-0.1, -0.05) is 27.7 Å². The minimum Gasteiger partial charge on any atom is -0.495 e. The summed E-state index contributed by atoms with van der Waals surface area (Å²) < 4.78 is 69.7. The minimum atomic E-state index is -4.08. The van der Waals surface area contributed by atoms with E-state index in [9.17, 15) is 22.4 Å². The molecule has 2 aromatic rings. The molecule has 0 aliphatic heterocycles. The van der Waals surface area contributed by atoms with Gasteiger partial charge in [-0.2, -0.15) is 5.26 Å². The first-order valence-electron chi connectivity index (χ1n) is 9.44. The van der Waals surface area contributed by atoms with Gasteiger partial charge in [0.25, 0.3) is 0 Å². The molecule has 0 heterocycles. The molecule has 0 aliphatic carbocycles. The Kier molecular flexibility index (Phi) is 7.60. The second-order valence-electron chi connectivity index (χ2n) is 7.47. The van der Waals surface area contributed by atoms with Gasteiger partial charge in [0.15, 0.2) is 11.1 Å². The van der Waals surface area contributed by atoms with Gasteiger partial charge in [-0.15, -0.1) is 0 Å². The number of hydrogen-bond acceptors (Lipinski definition) is 5. The molecule has 2 N–H and O–H groups in total. The third kappa shape index (κ3) is 4.50. The fourth-order valence-corrected chi connectivity index (χ4v) is 5.45. The van der Waals surface area contributed by atoms with Crippen molar-refractivity contribution in [3.05, 3.63) is 40.7 Å². The molecular weight excluding hydrogens is 443 g/mol. The van der Waals surface area contributed by atoms with Crippen LogP contribution < -0.4 is 9.46 Å². The largest absolute Gasteiger partial charge is 0.495 e. The van der Waals surface area contributed by atoms with Crippen LogP contribution in [0.2, 0.25) is 0 Å². The summed E-state index contributed by atoms with van der Waals surface area (Å²) in [5.41, 5.74) is 1.47. The molecule has 10 heteroatoms. The van der Waals surface area contributed by atoms with Crippen LogP contribution in [0.15, 0.2) is 28.0 Å². The summed E-state index contributed by atoms with van der Waals surface area (Å²) in [4.78, 5) is -0.855. The van der Waals surface area contributed by atoms with Crippen molar-refractivity contribution in [2.45, 2.75) is 49.3 Å². The lowest BCUT2D eigenvalue weighted by atomic mass is 9.82. The summed E-state index contributed by atoms with van der Waals surface area (Å²) in [6.45, 7) is 7.29. The van der Waals surface area contributed by atoms with Crippen LogP contribution in [-0.4, -0.2) is 31.3 Å². The van der Waals surface area contributed by atoms with Crippen molar-refractivity contribution < 1.29 is 26.3 Å². The monoisotopic (exact) mass is 468 g/mol. The fraction of sp³-hybridized carbons (Fsp3) is 0.381. The van der Waals surface area contributed by atoms with Crippen molar-refractivity contribution in [2.75, 3.05) is 14.2 Å². The molecule has 0 fully saturated rings. The van der Waals surface area contributed by atoms with E-state index in [1.54, 1.807) is 13.8 Å². The molecule has 0 amide bonds. The van der Waals surface area contributed by atoms with E-state index in [0.29, 0.717) is 11.1 Å². The van der Waals surface area contributed by atoms with E-state index in [0.717, 1.165) is 0 Å². The Balaban J connectivity index is 3.15. The van der Waals surface area contributed by atoms with Gasteiger partial charge >= 0.3 is 0 Å². The number of ether oxygens (including phenoxy) is 1. The number of nitriles is 1. The standard InChI is InChI=1S/C21H25FN2O5S2/c1-11(2)15-9-13(10-23)19(22)17(12(3)4)18(15)14-7-8-16(31(27,28)24-5)21(30(25)26)20(14)29-6/h7-9,11-12,24H,1-6H3,(H,25,26). The van der Waals surface area contributed by atoms with Crippen molar-refractivity contribution >= 4 is 21.1 Å². The number of nitrogens with zero attached hydrogens (tertiary/aromatic N) is 1. The topological polar surface area (TPSA) is 116 Å². The average molecular weight is 469 g/mol. The smallest absolute Gasteiger partial charge is 0.241 e. The van der Waals surface area contributed by atoms with Gasteiger partial charge in [-0.25, -0.2) is 21.7 Å². The summed E-state index contributed by atoms with van der Waals surface area (Å²) in [6.07, 6.45) is 0. The number of methoxy groups -OCH3 is 1. The molecule has 1 unspecified atom stereocenters. The molecule has 31 heavy (non-hydrogen) atoms. The summed E-state index contributed by atoms with van der Waals surface area (Å²) in [6, 6.07) is 5.95. The van der Waals surface area contributed by atoms with Gasteiger partial charge in [-0.05, 0) is 53.8 Å². The van der Waals surface area contributed by atoms with Gasteiger partial charge < -0.3 is 9.29 Å². The van der Waals surface area contributed by atoms with Gasteiger partial charge in [0, 0.05) is 5.56 Å².